The number of nitrogens with one attached hydrogen (secondary N) is 2. The lowest BCUT2D eigenvalue weighted by Gasteiger charge is -2.20. The van der Waals surface area contributed by atoms with E-state index in [1.807, 2.05) is 6.07 Å². The summed E-state index contributed by atoms with van der Waals surface area (Å²) >= 11 is 6.52. The second-order valence-corrected chi connectivity index (χ2v) is 8.87. The van der Waals surface area contributed by atoms with E-state index in [1.165, 1.54) is 36.0 Å². The molecule has 1 fully saturated rings. The fraction of sp³-hybridized carbons (Fsp3) is 0.480. The van der Waals surface area contributed by atoms with Gasteiger partial charge in [0.05, 0.1) is 10.7 Å². The summed E-state index contributed by atoms with van der Waals surface area (Å²) < 4.78 is 0. The molecule has 2 aromatic carbocycles. The molecular weight excluding hydrogens is 380 g/mol. The van der Waals surface area contributed by atoms with Crippen molar-refractivity contribution in [2.75, 3.05) is 18.4 Å². The number of hydrogen-bond donors (Lipinski definition) is 2. The molecule has 0 unspecified atom stereocenters. The zero-order chi connectivity index (χ0) is 20.1. The number of ketones is 1. The van der Waals surface area contributed by atoms with Crippen LogP contribution in [0.2, 0.25) is 5.02 Å². The van der Waals surface area contributed by atoms with Crippen LogP contribution < -0.4 is 10.6 Å². The van der Waals surface area contributed by atoms with Gasteiger partial charge in [-0.2, -0.15) is 0 Å². The summed E-state index contributed by atoms with van der Waals surface area (Å²) in [6.07, 6.45) is 8.49. The average Bonchev–Trinajstić information content (AvgIpc) is 3.00. The Morgan fingerprint density at radius 2 is 1.69 bits per heavy atom. The van der Waals surface area contributed by atoms with E-state index in [0.29, 0.717) is 12.2 Å². The number of rotatable bonds is 6. The van der Waals surface area contributed by atoms with E-state index < -0.39 is 0 Å². The predicted octanol–water partition coefficient (Wildman–Crippen LogP) is 5.33. The van der Waals surface area contributed by atoms with E-state index in [4.69, 9.17) is 11.6 Å². The first-order chi connectivity index (χ1) is 14.2. The van der Waals surface area contributed by atoms with E-state index >= 15 is 0 Å². The number of hydrogen-bond acceptors (Lipinski definition) is 3. The molecule has 2 aliphatic rings. The maximum atomic E-state index is 12.5. The quantitative estimate of drug-likeness (QED) is 0.676. The van der Waals surface area contributed by atoms with Gasteiger partial charge in [-0.1, -0.05) is 61.2 Å². The van der Waals surface area contributed by atoms with Crippen LogP contribution in [0.25, 0.3) is 0 Å². The van der Waals surface area contributed by atoms with Crippen molar-refractivity contribution >= 4 is 23.1 Å². The zero-order valence-electron chi connectivity index (χ0n) is 17.1. The van der Waals surface area contributed by atoms with Crippen molar-refractivity contribution < 1.29 is 4.79 Å². The number of anilines is 1. The van der Waals surface area contributed by atoms with Gasteiger partial charge >= 0.3 is 0 Å². The number of carbonyl (C=O) groups is 1. The largest absolute Gasteiger partial charge is 0.380 e. The molecule has 154 valence electrons. The van der Waals surface area contributed by atoms with E-state index in [-0.39, 0.29) is 5.92 Å². The lowest BCUT2D eigenvalue weighted by molar-refractivity contribution is -0.123. The first-order valence-corrected chi connectivity index (χ1v) is 11.4. The molecule has 0 atom stereocenters. The predicted molar refractivity (Wildman–Crippen MR) is 121 cm³/mol. The lowest BCUT2D eigenvalue weighted by atomic mass is 9.84. The summed E-state index contributed by atoms with van der Waals surface area (Å²) in [5.74, 6) is 0.706. The number of Topliss-reactive ketones (excluding diaryl/α,β-unsaturated/α-hetero) is 1. The highest BCUT2D eigenvalue weighted by molar-refractivity contribution is 6.33. The second kappa shape index (κ2) is 9.77. The highest BCUT2D eigenvalue weighted by atomic mass is 35.5. The Hall–Kier alpha value is -1.84. The molecule has 1 aliphatic carbocycles. The third kappa shape index (κ3) is 5.21. The summed E-state index contributed by atoms with van der Waals surface area (Å²) in [7, 11) is 0. The first-order valence-electron chi connectivity index (χ1n) is 11.1. The van der Waals surface area contributed by atoms with E-state index in [1.54, 1.807) is 0 Å². The first kappa shape index (κ1) is 20.4. The maximum Gasteiger partial charge on any atom is 0.140 e. The number of benzene rings is 2. The molecule has 1 saturated carbocycles. The molecule has 0 amide bonds. The van der Waals surface area contributed by atoms with Crippen LogP contribution in [0.4, 0.5) is 5.69 Å². The molecular formula is C25H31ClN2O. The third-order valence-corrected chi connectivity index (χ3v) is 6.73. The molecule has 0 spiro atoms. The van der Waals surface area contributed by atoms with Crippen LogP contribution in [0, 0.1) is 5.92 Å². The molecule has 2 N–H and O–H groups in total. The van der Waals surface area contributed by atoms with Gasteiger partial charge in [0.15, 0.2) is 0 Å². The Morgan fingerprint density at radius 1 is 0.966 bits per heavy atom. The Balaban J connectivity index is 1.38. The number of halogens is 1. The molecule has 4 rings (SSSR count). The van der Waals surface area contributed by atoms with Crippen LogP contribution in [0.15, 0.2) is 36.4 Å². The summed E-state index contributed by atoms with van der Waals surface area (Å²) in [5.41, 5.74) is 6.14. The molecule has 0 saturated heterocycles. The van der Waals surface area contributed by atoms with Crippen molar-refractivity contribution in [1.82, 2.24) is 5.32 Å². The monoisotopic (exact) mass is 410 g/mol. The van der Waals surface area contributed by atoms with Gasteiger partial charge in [0.1, 0.15) is 5.78 Å². The van der Waals surface area contributed by atoms with Gasteiger partial charge in [0.25, 0.3) is 0 Å². The zero-order valence-corrected chi connectivity index (χ0v) is 17.9. The van der Waals surface area contributed by atoms with Crippen LogP contribution in [0.1, 0.15) is 54.4 Å². The third-order valence-electron chi connectivity index (χ3n) is 6.41. The minimum Gasteiger partial charge on any atom is -0.380 e. The van der Waals surface area contributed by atoms with Gasteiger partial charge in [-0.05, 0) is 67.1 Å². The van der Waals surface area contributed by atoms with Crippen LogP contribution in [0.3, 0.4) is 0 Å². The molecule has 2 aromatic rings. The summed E-state index contributed by atoms with van der Waals surface area (Å²) in [6, 6.07) is 12.6. The van der Waals surface area contributed by atoms with Gasteiger partial charge in [0.2, 0.25) is 0 Å². The van der Waals surface area contributed by atoms with Gasteiger partial charge in [-0.15, -0.1) is 0 Å². The summed E-state index contributed by atoms with van der Waals surface area (Å²) in [4.78, 5) is 12.5. The summed E-state index contributed by atoms with van der Waals surface area (Å²) in [5, 5.41) is 7.82. The fourth-order valence-corrected chi connectivity index (χ4v) is 4.91. The number of carbonyl (C=O) groups excluding carboxylic acids is 1. The molecule has 3 nitrogen and oxygen atoms in total. The SMILES string of the molecule is O=C(Cc1ccc(CNc2c(Cl)ccc3c2CCNCC3)cc1)C1CCCCC1. The molecule has 4 heteroatoms. The highest BCUT2D eigenvalue weighted by Gasteiger charge is 2.21. The molecule has 1 heterocycles. The van der Waals surface area contributed by atoms with E-state index in [9.17, 15) is 4.79 Å². The Kier molecular flexibility index (Phi) is 6.89. The van der Waals surface area contributed by atoms with Crippen LogP contribution in [-0.4, -0.2) is 18.9 Å². The van der Waals surface area contributed by atoms with Crippen LogP contribution in [-0.2, 0) is 30.6 Å². The van der Waals surface area contributed by atoms with Crippen LogP contribution in [0.5, 0.6) is 0 Å². The van der Waals surface area contributed by atoms with Crippen molar-refractivity contribution in [2.45, 2.75) is 57.9 Å². The topological polar surface area (TPSA) is 41.1 Å². The molecule has 0 aromatic heterocycles. The van der Waals surface area contributed by atoms with Crippen molar-refractivity contribution in [3.8, 4) is 0 Å². The maximum absolute atomic E-state index is 12.5. The van der Waals surface area contributed by atoms with Gasteiger partial charge in [-0.25, -0.2) is 0 Å². The van der Waals surface area contributed by atoms with E-state index in [0.717, 1.165) is 61.6 Å². The highest BCUT2D eigenvalue weighted by Crippen LogP contribution is 2.31. The van der Waals surface area contributed by atoms with Crippen LogP contribution >= 0.6 is 11.6 Å². The van der Waals surface area contributed by atoms with Crippen molar-refractivity contribution in [2.24, 2.45) is 5.92 Å². The van der Waals surface area contributed by atoms with Gasteiger partial charge < -0.3 is 10.6 Å². The molecule has 0 bridgehead atoms. The standard InChI is InChI=1S/C25H31ClN2O/c26-23-11-10-20-12-14-27-15-13-22(20)25(23)28-17-19-8-6-18(7-9-19)16-24(29)21-4-2-1-3-5-21/h6-11,21,27-28H,1-5,12-17H2. The van der Waals surface area contributed by atoms with Crippen molar-refractivity contribution in [1.29, 1.82) is 0 Å². The fourth-order valence-electron chi connectivity index (χ4n) is 4.67. The normalized spacial score (nSPS) is 17.4. The lowest BCUT2D eigenvalue weighted by Crippen LogP contribution is -2.19. The Bertz CT molecular complexity index is 841. The summed E-state index contributed by atoms with van der Waals surface area (Å²) in [6.45, 7) is 2.75. The molecule has 29 heavy (non-hydrogen) atoms. The second-order valence-electron chi connectivity index (χ2n) is 8.46. The average molecular weight is 411 g/mol. The smallest absolute Gasteiger partial charge is 0.140 e. The minimum atomic E-state index is 0.287. The molecule has 1 aliphatic heterocycles. The molecule has 0 radical (unpaired) electrons. The minimum absolute atomic E-state index is 0.287. The van der Waals surface area contributed by atoms with Crippen molar-refractivity contribution in [3.63, 3.8) is 0 Å². The Morgan fingerprint density at radius 3 is 2.48 bits per heavy atom. The number of fused-ring (bicyclic) bond motifs is 1. The van der Waals surface area contributed by atoms with Gasteiger partial charge in [0, 0.05) is 18.9 Å². The van der Waals surface area contributed by atoms with Gasteiger partial charge in [-0.3, -0.25) is 4.79 Å². The van der Waals surface area contributed by atoms with Crippen molar-refractivity contribution in [3.05, 3.63) is 63.7 Å². The Labute approximate surface area is 179 Å². The van der Waals surface area contributed by atoms with E-state index in [2.05, 4.69) is 41.0 Å².